The standard InChI is InChI=1S/C10H11ClO2/c1-2-8-3-5-9(6-4-8)13-10(12)7-11/h3-6H,2,7H2,1H3. The zero-order valence-corrected chi connectivity index (χ0v) is 8.17. The Hall–Kier alpha value is -1.02. The average Bonchev–Trinajstić information content (AvgIpc) is 2.19. The van der Waals surface area contributed by atoms with Gasteiger partial charge in [-0.1, -0.05) is 19.1 Å². The molecule has 1 aromatic carbocycles. The summed E-state index contributed by atoms with van der Waals surface area (Å²) < 4.78 is 4.89. The van der Waals surface area contributed by atoms with E-state index in [1.807, 2.05) is 12.1 Å². The van der Waals surface area contributed by atoms with Gasteiger partial charge in [0.05, 0.1) is 0 Å². The lowest BCUT2D eigenvalue weighted by Gasteiger charge is -2.02. The Morgan fingerprint density at radius 1 is 1.38 bits per heavy atom. The molecule has 0 saturated heterocycles. The molecule has 0 saturated carbocycles. The molecule has 0 spiro atoms. The van der Waals surface area contributed by atoms with E-state index in [0.717, 1.165) is 6.42 Å². The van der Waals surface area contributed by atoms with Crippen LogP contribution in [-0.2, 0) is 11.2 Å². The number of hydrogen-bond acceptors (Lipinski definition) is 2. The first-order valence-electron chi connectivity index (χ1n) is 4.12. The summed E-state index contributed by atoms with van der Waals surface area (Å²) in [6.07, 6.45) is 0.976. The third-order valence-electron chi connectivity index (χ3n) is 1.67. The van der Waals surface area contributed by atoms with Crippen molar-refractivity contribution in [3.63, 3.8) is 0 Å². The summed E-state index contributed by atoms with van der Waals surface area (Å²) in [7, 11) is 0. The van der Waals surface area contributed by atoms with Crippen molar-refractivity contribution in [2.75, 3.05) is 5.88 Å². The highest BCUT2D eigenvalue weighted by Gasteiger charge is 2.01. The number of rotatable bonds is 3. The summed E-state index contributed by atoms with van der Waals surface area (Å²) in [4.78, 5) is 10.8. The first kappa shape index (κ1) is 10.1. The van der Waals surface area contributed by atoms with E-state index in [-0.39, 0.29) is 5.88 Å². The predicted molar refractivity (Wildman–Crippen MR) is 52.2 cm³/mol. The summed E-state index contributed by atoms with van der Waals surface area (Å²) in [5, 5.41) is 0. The molecule has 0 amide bonds. The Morgan fingerprint density at radius 3 is 2.46 bits per heavy atom. The molecule has 0 fully saturated rings. The van der Waals surface area contributed by atoms with Gasteiger partial charge >= 0.3 is 5.97 Å². The van der Waals surface area contributed by atoms with Gasteiger partial charge in [-0.25, -0.2) is 0 Å². The molecule has 2 nitrogen and oxygen atoms in total. The summed E-state index contributed by atoms with van der Waals surface area (Å²) in [5.74, 6) is 0.00368. The van der Waals surface area contributed by atoms with Gasteiger partial charge in [-0.2, -0.15) is 0 Å². The van der Waals surface area contributed by atoms with Gasteiger partial charge in [0.2, 0.25) is 0 Å². The summed E-state index contributed by atoms with van der Waals surface area (Å²) in [6, 6.07) is 7.39. The minimum Gasteiger partial charge on any atom is -0.426 e. The minimum atomic E-state index is -0.425. The van der Waals surface area contributed by atoms with Crippen LogP contribution >= 0.6 is 11.6 Å². The van der Waals surface area contributed by atoms with Crippen molar-refractivity contribution in [1.29, 1.82) is 0 Å². The van der Waals surface area contributed by atoms with Gasteiger partial charge in [0.25, 0.3) is 0 Å². The third kappa shape index (κ3) is 3.07. The van der Waals surface area contributed by atoms with E-state index in [2.05, 4.69) is 6.92 Å². The third-order valence-corrected chi connectivity index (χ3v) is 1.89. The van der Waals surface area contributed by atoms with Crippen molar-refractivity contribution in [3.05, 3.63) is 29.8 Å². The molecule has 1 rings (SSSR count). The lowest BCUT2D eigenvalue weighted by Crippen LogP contribution is -2.08. The quantitative estimate of drug-likeness (QED) is 0.424. The number of benzene rings is 1. The number of hydrogen-bond donors (Lipinski definition) is 0. The zero-order valence-electron chi connectivity index (χ0n) is 7.42. The van der Waals surface area contributed by atoms with Crippen molar-refractivity contribution in [3.8, 4) is 5.75 Å². The smallest absolute Gasteiger partial charge is 0.326 e. The largest absolute Gasteiger partial charge is 0.426 e. The molecule has 3 heteroatoms. The maximum atomic E-state index is 10.8. The molecule has 0 heterocycles. The number of ether oxygens (including phenoxy) is 1. The highest BCUT2D eigenvalue weighted by atomic mass is 35.5. The predicted octanol–water partition coefficient (Wildman–Crippen LogP) is 2.39. The van der Waals surface area contributed by atoms with Crippen LogP contribution < -0.4 is 4.74 Å². The fourth-order valence-electron chi connectivity index (χ4n) is 0.952. The Labute approximate surface area is 82.5 Å². The van der Waals surface area contributed by atoms with Crippen molar-refractivity contribution >= 4 is 17.6 Å². The first-order chi connectivity index (χ1) is 6.26. The van der Waals surface area contributed by atoms with Gasteiger partial charge in [0.1, 0.15) is 11.6 Å². The number of halogens is 1. The number of alkyl halides is 1. The molecule has 70 valence electrons. The fourth-order valence-corrected chi connectivity index (χ4v) is 1.01. The van der Waals surface area contributed by atoms with E-state index < -0.39 is 5.97 Å². The second-order valence-electron chi connectivity index (χ2n) is 2.61. The molecule has 0 unspecified atom stereocenters. The molecule has 13 heavy (non-hydrogen) atoms. The Morgan fingerprint density at radius 2 is 2.00 bits per heavy atom. The second kappa shape index (κ2) is 4.87. The SMILES string of the molecule is CCc1ccc(OC(=O)CCl)cc1. The average molecular weight is 199 g/mol. The monoisotopic (exact) mass is 198 g/mol. The van der Waals surface area contributed by atoms with Crippen LogP contribution in [0, 0.1) is 0 Å². The van der Waals surface area contributed by atoms with Crippen molar-refractivity contribution in [2.24, 2.45) is 0 Å². The van der Waals surface area contributed by atoms with Crippen LogP contribution in [0.25, 0.3) is 0 Å². The Kier molecular flexibility index (Phi) is 3.77. The van der Waals surface area contributed by atoms with E-state index in [0.29, 0.717) is 5.75 Å². The number of carbonyl (C=O) groups excluding carboxylic acids is 1. The van der Waals surface area contributed by atoms with Gasteiger partial charge in [-0.3, -0.25) is 4.79 Å². The van der Waals surface area contributed by atoms with Crippen LogP contribution in [0.3, 0.4) is 0 Å². The topological polar surface area (TPSA) is 26.3 Å². The van der Waals surface area contributed by atoms with Gasteiger partial charge in [0.15, 0.2) is 0 Å². The van der Waals surface area contributed by atoms with E-state index in [1.54, 1.807) is 12.1 Å². The number of esters is 1. The van der Waals surface area contributed by atoms with Crippen LogP contribution in [0.5, 0.6) is 5.75 Å². The molecule has 0 aliphatic rings. The minimum absolute atomic E-state index is 0.116. The van der Waals surface area contributed by atoms with Crippen LogP contribution in [0.1, 0.15) is 12.5 Å². The normalized spacial score (nSPS) is 9.69. The van der Waals surface area contributed by atoms with Crippen LogP contribution in [-0.4, -0.2) is 11.8 Å². The lowest BCUT2D eigenvalue weighted by atomic mass is 10.2. The maximum Gasteiger partial charge on any atom is 0.326 e. The van der Waals surface area contributed by atoms with Crippen LogP contribution in [0.2, 0.25) is 0 Å². The molecular formula is C10H11ClO2. The molecule has 1 aromatic rings. The van der Waals surface area contributed by atoms with Crippen LogP contribution in [0.4, 0.5) is 0 Å². The lowest BCUT2D eigenvalue weighted by molar-refractivity contribution is -0.131. The molecule has 0 aliphatic heterocycles. The maximum absolute atomic E-state index is 10.8. The van der Waals surface area contributed by atoms with Gasteiger partial charge in [-0.05, 0) is 24.1 Å². The highest BCUT2D eigenvalue weighted by molar-refractivity contribution is 6.26. The molecular weight excluding hydrogens is 188 g/mol. The summed E-state index contributed by atoms with van der Waals surface area (Å²) in [6.45, 7) is 2.07. The van der Waals surface area contributed by atoms with Crippen molar-refractivity contribution in [1.82, 2.24) is 0 Å². The van der Waals surface area contributed by atoms with E-state index in [4.69, 9.17) is 16.3 Å². The van der Waals surface area contributed by atoms with E-state index in [9.17, 15) is 4.79 Å². The van der Waals surface area contributed by atoms with E-state index >= 15 is 0 Å². The Balaban J connectivity index is 2.64. The van der Waals surface area contributed by atoms with Crippen molar-refractivity contribution in [2.45, 2.75) is 13.3 Å². The molecule has 0 aliphatic carbocycles. The number of carbonyl (C=O) groups is 1. The summed E-state index contributed by atoms with van der Waals surface area (Å²) >= 11 is 5.29. The zero-order chi connectivity index (χ0) is 9.68. The molecule has 0 aromatic heterocycles. The molecule has 0 N–H and O–H groups in total. The van der Waals surface area contributed by atoms with Crippen molar-refractivity contribution < 1.29 is 9.53 Å². The summed E-state index contributed by atoms with van der Waals surface area (Å²) in [5.41, 5.74) is 1.21. The van der Waals surface area contributed by atoms with Gasteiger partial charge < -0.3 is 4.74 Å². The van der Waals surface area contributed by atoms with Gasteiger partial charge in [-0.15, -0.1) is 11.6 Å². The van der Waals surface area contributed by atoms with E-state index in [1.165, 1.54) is 5.56 Å². The van der Waals surface area contributed by atoms with Gasteiger partial charge in [0, 0.05) is 0 Å². The second-order valence-corrected chi connectivity index (χ2v) is 2.87. The molecule has 0 bridgehead atoms. The Bertz CT molecular complexity index is 279. The highest BCUT2D eigenvalue weighted by Crippen LogP contribution is 2.12. The van der Waals surface area contributed by atoms with Crippen LogP contribution in [0.15, 0.2) is 24.3 Å². The molecule has 0 radical (unpaired) electrons. The molecule has 0 atom stereocenters. The number of aryl methyl sites for hydroxylation is 1. The first-order valence-corrected chi connectivity index (χ1v) is 4.65. The fraction of sp³-hybridized carbons (Fsp3) is 0.300.